The highest BCUT2D eigenvalue weighted by atomic mass is 35.5. The van der Waals surface area contributed by atoms with Gasteiger partial charge in [-0.1, -0.05) is 17.7 Å². The highest BCUT2D eigenvalue weighted by Crippen LogP contribution is 2.25. The average Bonchev–Trinajstić information content (AvgIpc) is 2.62. The molecule has 0 bridgehead atoms. The van der Waals surface area contributed by atoms with E-state index < -0.39 is 0 Å². The second-order valence-corrected chi connectivity index (χ2v) is 4.45. The van der Waals surface area contributed by atoms with E-state index in [0.717, 1.165) is 31.6 Å². The van der Waals surface area contributed by atoms with Gasteiger partial charge in [-0.05, 0) is 37.3 Å². The monoisotopic (exact) mass is 226 g/mol. The molecular weight excluding hydrogens is 212 g/mol. The van der Waals surface area contributed by atoms with Gasteiger partial charge in [0.1, 0.15) is 11.0 Å². The Balaban J connectivity index is 1.83. The second kappa shape index (κ2) is 4.81. The lowest BCUT2D eigenvalue weighted by Gasteiger charge is -2.11. The fraction of sp³-hybridized carbons (Fsp3) is 0.545. The third-order valence-electron chi connectivity index (χ3n) is 2.80. The molecule has 0 spiro atoms. The first-order chi connectivity index (χ1) is 7.24. The van der Waals surface area contributed by atoms with E-state index in [1.807, 2.05) is 12.1 Å². The molecule has 0 aliphatic heterocycles. The number of nitrogens with one attached hydrogen (secondary N) is 1. The largest absolute Gasteiger partial charge is 0.393 e. The van der Waals surface area contributed by atoms with Crippen LogP contribution in [-0.4, -0.2) is 22.7 Å². The summed E-state index contributed by atoms with van der Waals surface area (Å²) in [6.45, 7) is 0.865. The molecule has 1 aliphatic rings. The Morgan fingerprint density at radius 1 is 1.47 bits per heavy atom. The number of halogens is 1. The Kier molecular flexibility index (Phi) is 3.44. The van der Waals surface area contributed by atoms with Crippen LogP contribution in [-0.2, 0) is 0 Å². The van der Waals surface area contributed by atoms with E-state index in [-0.39, 0.29) is 6.10 Å². The van der Waals surface area contributed by atoms with Crippen LogP contribution in [0.15, 0.2) is 18.2 Å². The van der Waals surface area contributed by atoms with Gasteiger partial charge in [-0.15, -0.1) is 0 Å². The van der Waals surface area contributed by atoms with Crippen molar-refractivity contribution in [2.45, 2.75) is 25.4 Å². The van der Waals surface area contributed by atoms with Gasteiger partial charge in [-0.2, -0.15) is 0 Å². The third kappa shape index (κ3) is 3.08. The number of hydrogen-bond donors (Lipinski definition) is 2. The van der Waals surface area contributed by atoms with Crippen molar-refractivity contribution in [3.8, 4) is 0 Å². The number of anilines is 1. The minimum Gasteiger partial charge on any atom is -0.393 e. The van der Waals surface area contributed by atoms with E-state index in [1.165, 1.54) is 0 Å². The highest BCUT2D eigenvalue weighted by molar-refractivity contribution is 6.29. The van der Waals surface area contributed by atoms with Crippen LogP contribution in [0.5, 0.6) is 0 Å². The Bertz CT molecular complexity index is 332. The third-order valence-corrected chi connectivity index (χ3v) is 3.01. The number of aliphatic hydroxyl groups is 1. The molecule has 1 fully saturated rings. The van der Waals surface area contributed by atoms with Crippen molar-refractivity contribution < 1.29 is 5.11 Å². The van der Waals surface area contributed by atoms with Gasteiger partial charge in [0, 0.05) is 6.54 Å². The maximum atomic E-state index is 9.38. The van der Waals surface area contributed by atoms with Crippen molar-refractivity contribution in [1.29, 1.82) is 0 Å². The molecule has 0 aromatic carbocycles. The molecule has 1 aromatic rings. The van der Waals surface area contributed by atoms with Gasteiger partial charge in [-0.3, -0.25) is 0 Å². The number of aromatic nitrogens is 1. The number of hydrogen-bond acceptors (Lipinski definition) is 3. The van der Waals surface area contributed by atoms with Crippen molar-refractivity contribution in [1.82, 2.24) is 4.98 Å². The quantitative estimate of drug-likeness (QED) is 0.778. The summed E-state index contributed by atoms with van der Waals surface area (Å²) in [6, 6.07) is 5.53. The van der Waals surface area contributed by atoms with Crippen molar-refractivity contribution in [2.75, 3.05) is 11.9 Å². The van der Waals surface area contributed by atoms with Crippen LogP contribution in [0.3, 0.4) is 0 Å². The predicted octanol–water partition coefficient (Wildman–Crippen LogP) is 2.31. The molecule has 2 N–H and O–H groups in total. The lowest BCUT2D eigenvalue weighted by Crippen LogP contribution is -2.13. The molecule has 15 heavy (non-hydrogen) atoms. The Morgan fingerprint density at radius 2 is 2.33 bits per heavy atom. The molecule has 3 nitrogen and oxygen atoms in total. The van der Waals surface area contributed by atoms with Crippen LogP contribution in [0.2, 0.25) is 5.15 Å². The van der Waals surface area contributed by atoms with Crippen molar-refractivity contribution in [3.63, 3.8) is 0 Å². The molecule has 1 aliphatic carbocycles. The zero-order valence-corrected chi connectivity index (χ0v) is 9.24. The number of nitrogens with zero attached hydrogens (tertiary/aromatic N) is 1. The van der Waals surface area contributed by atoms with E-state index in [9.17, 15) is 5.11 Å². The van der Waals surface area contributed by atoms with Crippen molar-refractivity contribution >= 4 is 17.4 Å². The van der Waals surface area contributed by atoms with E-state index >= 15 is 0 Å². The molecule has 1 heterocycles. The van der Waals surface area contributed by atoms with Gasteiger partial charge in [0.2, 0.25) is 0 Å². The van der Waals surface area contributed by atoms with E-state index in [4.69, 9.17) is 11.6 Å². The molecule has 1 aromatic heterocycles. The maximum absolute atomic E-state index is 9.38. The molecule has 0 amide bonds. The van der Waals surface area contributed by atoms with Gasteiger partial charge in [0.15, 0.2) is 0 Å². The van der Waals surface area contributed by atoms with E-state index in [0.29, 0.717) is 11.1 Å². The summed E-state index contributed by atoms with van der Waals surface area (Å²) in [6.07, 6.45) is 2.81. The van der Waals surface area contributed by atoms with Crippen LogP contribution < -0.4 is 5.32 Å². The van der Waals surface area contributed by atoms with Gasteiger partial charge in [0.05, 0.1) is 6.10 Å². The molecule has 2 rings (SSSR count). The SMILES string of the molecule is OC1CCC(CNc2cccc(Cl)n2)C1. The smallest absolute Gasteiger partial charge is 0.131 e. The van der Waals surface area contributed by atoms with Crippen molar-refractivity contribution in [2.24, 2.45) is 5.92 Å². The summed E-state index contributed by atoms with van der Waals surface area (Å²) in [5.41, 5.74) is 0. The zero-order chi connectivity index (χ0) is 10.7. The minimum atomic E-state index is -0.107. The van der Waals surface area contributed by atoms with Gasteiger partial charge >= 0.3 is 0 Å². The first-order valence-corrected chi connectivity index (χ1v) is 5.66. The molecule has 2 unspecified atom stereocenters. The minimum absolute atomic E-state index is 0.107. The highest BCUT2D eigenvalue weighted by Gasteiger charge is 2.22. The number of aliphatic hydroxyl groups excluding tert-OH is 1. The molecule has 1 saturated carbocycles. The van der Waals surface area contributed by atoms with Gasteiger partial charge in [-0.25, -0.2) is 4.98 Å². The van der Waals surface area contributed by atoms with Crippen LogP contribution in [0.25, 0.3) is 0 Å². The first kappa shape index (κ1) is 10.7. The van der Waals surface area contributed by atoms with Crippen LogP contribution in [0.1, 0.15) is 19.3 Å². The first-order valence-electron chi connectivity index (χ1n) is 5.28. The van der Waals surface area contributed by atoms with Gasteiger partial charge in [0.25, 0.3) is 0 Å². The second-order valence-electron chi connectivity index (χ2n) is 4.06. The topological polar surface area (TPSA) is 45.1 Å². The summed E-state index contributed by atoms with van der Waals surface area (Å²) >= 11 is 5.77. The predicted molar refractivity (Wildman–Crippen MR) is 61.1 cm³/mol. The fourth-order valence-electron chi connectivity index (χ4n) is 1.99. The standard InChI is InChI=1S/C11H15ClN2O/c12-10-2-1-3-11(14-10)13-7-8-4-5-9(15)6-8/h1-3,8-9,15H,4-7H2,(H,13,14). The Morgan fingerprint density at radius 3 is 3.00 bits per heavy atom. The zero-order valence-electron chi connectivity index (χ0n) is 8.49. The Labute approximate surface area is 94.5 Å². The summed E-state index contributed by atoms with van der Waals surface area (Å²) in [5, 5.41) is 13.1. The Hall–Kier alpha value is -0.800. The molecular formula is C11H15ClN2O. The van der Waals surface area contributed by atoms with Crippen LogP contribution in [0, 0.1) is 5.92 Å². The summed E-state index contributed by atoms with van der Waals surface area (Å²) in [4.78, 5) is 4.14. The molecule has 0 radical (unpaired) electrons. The van der Waals surface area contributed by atoms with Gasteiger partial charge < -0.3 is 10.4 Å². The normalized spacial score (nSPS) is 25.5. The van der Waals surface area contributed by atoms with Crippen LogP contribution in [0.4, 0.5) is 5.82 Å². The summed E-state index contributed by atoms with van der Waals surface area (Å²) in [7, 11) is 0. The molecule has 4 heteroatoms. The number of pyridine rings is 1. The average molecular weight is 227 g/mol. The van der Waals surface area contributed by atoms with E-state index in [2.05, 4.69) is 10.3 Å². The lowest BCUT2D eigenvalue weighted by molar-refractivity contribution is 0.178. The molecule has 2 atom stereocenters. The van der Waals surface area contributed by atoms with Crippen LogP contribution >= 0.6 is 11.6 Å². The number of rotatable bonds is 3. The molecule has 82 valence electrons. The summed E-state index contributed by atoms with van der Waals surface area (Å²) in [5.74, 6) is 1.37. The fourth-order valence-corrected chi connectivity index (χ4v) is 2.15. The molecule has 0 saturated heterocycles. The lowest BCUT2D eigenvalue weighted by atomic mass is 10.1. The van der Waals surface area contributed by atoms with E-state index in [1.54, 1.807) is 6.07 Å². The maximum Gasteiger partial charge on any atom is 0.131 e. The van der Waals surface area contributed by atoms with Crippen molar-refractivity contribution in [3.05, 3.63) is 23.4 Å². The summed E-state index contributed by atoms with van der Waals surface area (Å²) < 4.78 is 0.